The molecule has 1 amide bonds. The third-order valence-electron chi connectivity index (χ3n) is 6.70. The van der Waals surface area contributed by atoms with Gasteiger partial charge in [-0.25, -0.2) is 0 Å². The van der Waals surface area contributed by atoms with Crippen LogP contribution >= 0.6 is 0 Å². The van der Waals surface area contributed by atoms with Crippen LogP contribution in [0, 0.1) is 24.0 Å². The van der Waals surface area contributed by atoms with Crippen molar-refractivity contribution in [3.63, 3.8) is 0 Å². The molecule has 0 aliphatic carbocycles. The molecular formula is C24H31N5O3. The first-order valence-electron chi connectivity index (χ1n) is 11.2. The van der Waals surface area contributed by atoms with Gasteiger partial charge in [-0.2, -0.15) is 0 Å². The number of hydrogen-bond acceptors (Lipinski definition) is 6. The Hall–Kier alpha value is -3.13. The van der Waals surface area contributed by atoms with E-state index >= 15 is 0 Å². The van der Waals surface area contributed by atoms with Crippen molar-refractivity contribution in [1.82, 2.24) is 9.80 Å². The zero-order chi connectivity index (χ0) is 22.7. The summed E-state index contributed by atoms with van der Waals surface area (Å²) in [5.41, 5.74) is 4.68. The average Bonchev–Trinajstić information content (AvgIpc) is 2.81. The minimum absolute atomic E-state index is 0.119. The molecule has 4 rings (SSSR count). The topological polar surface area (TPSA) is 73.2 Å². The van der Waals surface area contributed by atoms with Gasteiger partial charge >= 0.3 is 0 Å². The van der Waals surface area contributed by atoms with Crippen LogP contribution in [0.5, 0.6) is 0 Å². The minimum Gasteiger partial charge on any atom is -0.369 e. The summed E-state index contributed by atoms with van der Waals surface area (Å²) >= 11 is 0. The fourth-order valence-electron chi connectivity index (χ4n) is 4.60. The summed E-state index contributed by atoms with van der Waals surface area (Å²) in [6.07, 6.45) is 0. The van der Waals surface area contributed by atoms with Gasteiger partial charge in [-0.15, -0.1) is 0 Å². The Morgan fingerprint density at radius 1 is 0.844 bits per heavy atom. The number of nitrogens with zero attached hydrogens (tertiary/aromatic N) is 5. The van der Waals surface area contributed by atoms with E-state index in [0.29, 0.717) is 38.4 Å². The van der Waals surface area contributed by atoms with Gasteiger partial charge in [0.2, 0.25) is 5.91 Å². The van der Waals surface area contributed by atoms with E-state index < -0.39 is 0 Å². The molecule has 32 heavy (non-hydrogen) atoms. The molecule has 2 heterocycles. The second-order valence-corrected chi connectivity index (χ2v) is 8.60. The molecule has 2 saturated heterocycles. The van der Waals surface area contributed by atoms with E-state index in [0.717, 1.165) is 26.2 Å². The molecule has 170 valence electrons. The lowest BCUT2D eigenvalue weighted by molar-refractivity contribution is -0.384. The second kappa shape index (κ2) is 9.56. The fraction of sp³-hybridized carbons (Fsp3) is 0.458. The lowest BCUT2D eigenvalue weighted by Gasteiger charge is -2.39. The number of carbonyl (C=O) groups is 1. The predicted molar refractivity (Wildman–Crippen MR) is 126 cm³/mol. The summed E-state index contributed by atoms with van der Waals surface area (Å²) in [5.74, 6) is 0.146. The first kappa shape index (κ1) is 22.1. The van der Waals surface area contributed by atoms with Crippen LogP contribution in [0.25, 0.3) is 0 Å². The highest BCUT2D eigenvalue weighted by Gasteiger charge is 2.27. The molecule has 0 atom stereocenters. The molecule has 0 unspecified atom stereocenters. The van der Waals surface area contributed by atoms with Crippen molar-refractivity contribution in [2.24, 2.45) is 0 Å². The maximum absolute atomic E-state index is 12.9. The highest BCUT2D eigenvalue weighted by molar-refractivity contribution is 5.79. The highest BCUT2D eigenvalue weighted by atomic mass is 16.6. The van der Waals surface area contributed by atoms with Crippen molar-refractivity contribution in [2.45, 2.75) is 13.8 Å². The third-order valence-corrected chi connectivity index (χ3v) is 6.70. The monoisotopic (exact) mass is 437 g/mol. The van der Waals surface area contributed by atoms with E-state index in [9.17, 15) is 14.9 Å². The van der Waals surface area contributed by atoms with E-state index in [1.807, 2.05) is 15.9 Å². The summed E-state index contributed by atoms with van der Waals surface area (Å²) < 4.78 is 0. The molecule has 2 aromatic rings. The molecule has 2 aliphatic heterocycles. The molecule has 2 fully saturated rings. The van der Waals surface area contributed by atoms with Crippen LogP contribution in [0.4, 0.5) is 17.1 Å². The van der Waals surface area contributed by atoms with Crippen molar-refractivity contribution in [3.05, 3.63) is 63.7 Å². The Bertz CT molecular complexity index is 979. The summed E-state index contributed by atoms with van der Waals surface area (Å²) in [5, 5.41) is 11.3. The summed E-state index contributed by atoms with van der Waals surface area (Å²) in [4.78, 5) is 32.4. The standard InChI is InChI=1S/C24H31N5O3/c1-19-6-5-9-21(20(19)2)26-12-10-25(11-13-26)18-24(30)28-16-14-27(15-17-28)22-7-3-4-8-23(22)29(31)32/h3-9H,10-18H2,1-2H3. The zero-order valence-corrected chi connectivity index (χ0v) is 18.9. The third kappa shape index (κ3) is 4.70. The number of aryl methyl sites for hydroxylation is 1. The Morgan fingerprint density at radius 2 is 1.44 bits per heavy atom. The van der Waals surface area contributed by atoms with Crippen LogP contribution in [0.1, 0.15) is 11.1 Å². The van der Waals surface area contributed by atoms with Gasteiger partial charge in [-0.05, 0) is 37.1 Å². The maximum Gasteiger partial charge on any atom is 0.292 e. The summed E-state index contributed by atoms with van der Waals surface area (Å²) in [6.45, 7) is 10.7. The van der Waals surface area contributed by atoms with Gasteiger partial charge in [0.1, 0.15) is 5.69 Å². The van der Waals surface area contributed by atoms with Crippen LogP contribution in [0.2, 0.25) is 0 Å². The van der Waals surface area contributed by atoms with Crippen molar-refractivity contribution in [3.8, 4) is 0 Å². The molecular weight excluding hydrogens is 406 g/mol. The van der Waals surface area contributed by atoms with Gasteiger partial charge in [0, 0.05) is 64.1 Å². The van der Waals surface area contributed by atoms with E-state index in [-0.39, 0.29) is 16.5 Å². The first-order valence-corrected chi connectivity index (χ1v) is 11.2. The molecule has 8 nitrogen and oxygen atoms in total. The SMILES string of the molecule is Cc1cccc(N2CCN(CC(=O)N3CCN(c4ccccc4[N+](=O)[O-])CC3)CC2)c1C. The number of benzene rings is 2. The van der Waals surface area contributed by atoms with Crippen molar-refractivity contribution < 1.29 is 9.72 Å². The van der Waals surface area contributed by atoms with E-state index in [4.69, 9.17) is 0 Å². The van der Waals surface area contributed by atoms with Crippen molar-refractivity contribution >= 4 is 23.0 Å². The number of nitro benzene ring substituents is 1. The lowest BCUT2D eigenvalue weighted by Crippen LogP contribution is -2.54. The molecule has 0 bridgehead atoms. The Morgan fingerprint density at radius 3 is 2.12 bits per heavy atom. The van der Waals surface area contributed by atoms with E-state index in [1.165, 1.54) is 22.9 Å². The molecule has 0 radical (unpaired) electrons. The highest BCUT2D eigenvalue weighted by Crippen LogP contribution is 2.28. The molecule has 0 saturated carbocycles. The quantitative estimate of drug-likeness (QED) is 0.529. The molecule has 2 aliphatic rings. The van der Waals surface area contributed by atoms with Gasteiger partial charge in [-0.3, -0.25) is 19.8 Å². The van der Waals surface area contributed by atoms with Crippen LogP contribution in [-0.2, 0) is 4.79 Å². The number of anilines is 2. The van der Waals surface area contributed by atoms with Gasteiger partial charge in [0.05, 0.1) is 11.5 Å². The first-order chi connectivity index (χ1) is 15.4. The number of carbonyl (C=O) groups excluding carboxylic acids is 1. The van der Waals surface area contributed by atoms with Crippen LogP contribution in [0.3, 0.4) is 0 Å². The fourth-order valence-corrected chi connectivity index (χ4v) is 4.60. The van der Waals surface area contributed by atoms with E-state index in [2.05, 4.69) is 41.8 Å². The van der Waals surface area contributed by atoms with Gasteiger partial charge in [0.25, 0.3) is 5.69 Å². The zero-order valence-electron chi connectivity index (χ0n) is 18.9. The second-order valence-electron chi connectivity index (χ2n) is 8.60. The number of hydrogen-bond donors (Lipinski definition) is 0. The molecule has 0 aromatic heterocycles. The van der Waals surface area contributed by atoms with Crippen LogP contribution in [0.15, 0.2) is 42.5 Å². The minimum atomic E-state index is -0.343. The van der Waals surface area contributed by atoms with Crippen molar-refractivity contribution in [1.29, 1.82) is 0 Å². The predicted octanol–water partition coefficient (Wildman–Crippen LogP) is 2.68. The summed E-state index contributed by atoms with van der Waals surface area (Å²) in [6, 6.07) is 13.2. The summed E-state index contributed by atoms with van der Waals surface area (Å²) in [7, 11) is 0. The smallest absolute Gasteiger partial charge is 0.292 e. The van der Waals surface area contributed by atoms with Gasteiger partial charge in [-0.1, -0.05) is 24.3 Å². The molecule has 2 aromatic carbocycles. The van der Waals surface area contributed by atoms with Crippen LogP contribution < -0.4 is 9.80 Å². The van der Waals surface area contributed by atoms with Gasteiger partial charge in [0.15, 0.2) is 0 Å². The number of piperazine rings is 2. The number of nitro groups is 1. The van der Waals surface area contributed by atoms with E-state index in [1.54, 1.807) is 12.1 Å². The molecule has 0 spiro atoms. The Balaban J connectivity index is 1.27. The van der Waals surface area contributed by atoms with Crippen LogP contribution in [-0.4, -0.2) is 79.5 Å². The Labute approximate surface area is 189 Å². The maximum atomic E-state index is 12.9. The Kier molecular flexibility index (Phi) is 6.60. The number of rotatable bonds is 5. The molecule has 0 N–H and O–H groups in total. The lowest BCUT2D eigenvalue weighted by atomic mass is 10.1. The molecule has 8 heteroatoms. The normalized spacial score (nSPS) is 17.5. The van der Waals surface area contributed by atoms with Crippen molar-refractivity contribution in [2.75, 3.05) is 68.7 Å². The average molecular weight is 438 g/mol. The number of amides is 1. The number of para-hydroxylation sites is 2. The van der Waals surface area contributed by atoms with Gasteiger partial charge < -0.3 is 14.7 Å². The largest absolute Gasteiger partial charge is 0.369 e.